The van der Waals surface area contributed by atoms with E-state index in [1.807, 2.05) is 45.0 Å². The van der Waals surface area contributed by atoms with Crippen LogP contribution in [0.2, 0.25) is 5.02 Å². The molecule has 1 saturated heterocycles. The minimum Gasteiger partial charge on any atom is -0.326 e. The van der Waals surface area contributed by atoms with Gasteiger partial charge >= 0.3 is 0 Å². The molecular weight excluding hydrogens is 394 g/mol. The number of aliphatic imine (C=N–C) groups is 1. The zero-order chi connectivity index (χ0) is 20.4. The van der Waals surface area contributed by atoms with Crippen LogP contribution in [0.15, 0.2) is 41.4 Å². The second kappa shape index (κ2) is 8.37. The first-order valence-corrected chi connectivity index (χ1v) is 10.2. The van der Waals surface area contributed by atoms with Gasteiger partial charge < -0.3 is 5.32 Å². The van der Waals surface area contributed by atoms with Gasteiger partial charge in [-0.2, -0.15) is 0 Å². The Morgan fingerprint density at radius 3 is 2.54 bits per heavy atom. The van der Waals surface area contributed by atoms with Crippen LogP contribution in [0.5, 0.6) is 0 Å². The van der Waals surface area contributed by atoms with Gasteiger partial charge in [-0.25, -0.2) is 4.99 Å². The molecule has 28 heavy (non-hydrogen) atoms. The van der Waals surface area contributed by atoms with Gasteiger partial charge in [0.2, 0.25) is 11.8 Å². The highest BCUT2D eigenvalue weighted by atomic mass is 35.5. The van der Waals surface area contributed by atoms with Crippen molar-refractivity contribution in [3.05, 3.63) is 58.1 Å². The van der Waals surface area contributed by atoms with E-state index < -0.39 is 5.25 Å². The highest BCUT2D eigenvalue weighted by Crippen LogP contribution is 2.31. The summed E-state index contributed by atoms with van der Waals surface area (Å²) >= 11 is 7.41. The summed E-state index contributed by atoms with van der Waals surface area (Å²) in [5.74, 6) is -0.351. The van der Waals surface area contributed by atoms with Gasteiger partial charge in [0.05, 0.1) is 5.69 Å². The Kier molecular flexibility index (Phi) is 6.10. The van der Waals surface area contributed by atoms with Crippen molar-refractivity contribution < 1.29 is 9.59 Å². The van der Waals surface area contributed by atoms with Crippen molar-refractivity contribution in [1.82, 2.24) is 4.90 Å². The Hall–Kier alpha value is -2.31. The van der Waals surface area contributed by atoms with Crippen molar-refractivity contribution in [2.75, 3.05) is 12.4 Å². The van der Waals surface area contributed by atoms with Crippen LogP contribution >= 0.6 is 23.4 Å². The summed E-state index contributed by atoms with van der Waals surface area (Å²) in [6, 6.07) is 11.3. The van der Waals surface area contributed by atoms with Crippen LogP contribution < -0.4 is 5.32 Å². The Labute approximate surface area is 174 Å². The molecule has 1 heterocycles. The van der Waals surface area contributed by atoms with E-state index in [2.05, 4.69) is 10.3 Å². The van der Waals surface area contributed by atoms with Crippen molar-refractivity contribution in [2.24, 2.45) is 4.99 Å². The molecule has 1 unspecified atom stereocenters. The lowest BCUT2D eigenvalue weighted by Crippen LogP contribution is -2.30. The number of nitrogens with one attached hydrogen (secondary N) is 1. The number of amides is 2. The Bertz CT molecular complexity index is 974. The molecule has 1 fully saturated rings. The number of thioether (sulfide) groups is 1. The van der Waals surface area contributed by atoms with Crippen LogP contribution in [0.25, 0.3) is 0 Å². The van der Waals surface area contributed by atoms with Crippen molar-refractivity contribution in [1.29, 1.82) is 0 Å². The van der Waals surface area contributed by atoms with Gasteiger partial charge in [0.25, 0.3) is 0 Å². The number of carbonyl (C=O) groups is 2. The molecule has 1 aliphatic rings. The van der Waals surface area contributed by atoms with Crippen LogP contribution in [0.1, 0.15) is 23.1 Å². The number of anilines is 1. The maximum absolute atomic E-state index is 12.5. The summed E-state index contributed by atoms with van der Waals surface area (Å²) in [6.07, 6.45) is 0.0747. The number of hydrogen-bond acceptors (Lipinski definition) is 4. The highest BCUT2D eigenvalue weighted by Gasteiger charge is 2.37. The van der Waals surface area contributed by atoms with Gasteiger partial charge in [-0.05, 0) is 61.7 Å². The van der Waals surface area contributed by atoms with E-state index in [1.54, 1.807) is 19.2 Å². The maximum atomic E-state index is 12.5. The smallest absolute Gasteiger partial charge is 0.242 e. The first kappa shape index (κ1) is 20.4. The third-order valence-corrected chi connectivity index (χ3v) is 6.32. The predicted molar refractivity (Wildman–Crippen MR) is 117 cm³/mol. The molecule has 5 nitrogen and oxygen atoms in total. The van der Waals surface area contributed by atoms with E-state index in [-0.39, 0.29) is 18.2 Å². The monoisotopic (exact) mass is 415 g/mol. The SMILES string of the molecule is Cc1ccc(N=C2SC(CC(=O)Nc3ccc(C)c(Cl)c3)C(=O)N2C)cc1C. The van der Waals surface area contributed by atoms with E-state index in [0.29, 0.717) is 15.9 Å². The minimum atomic E-state index is -0.490. The van der Waals surface area contributed by atoms with Crippen LogP contribution in [0.4, 0.5) is 11.4 Å². The molecule has 0 radical (unpaired) electrons. The standard InChI is InChI=1S/C21H22ClN3O2S/c1-12-5-7-15(9-14(12)3)24-21-25(4)20(27)18(28-21)11-19(26)23-16-8-6-13(2)17(22)10-16/h5-10,18H,11H2,1-4H3,(H,23,26). The Morgan fingerprint density at radius 2 is 1.86 bits per heavy atom. The van der Waals surface area contributed by atoms with Crippen LogP contribution in [0, 0.1) is 20.8 Å². The Morgan fingerprint density at radius 1 is 1.14 bits per heavy atom. The first-order chi connectivity index (χ1) is 13.2. The summed E-state index contributed by atoms with van der Waals surface area (Å²) in [5, 5.41) is 3.50. The molecular formula is C21H22ClN3O2S. The number of amidine groups is 1. The number of carbonyl (C=O) groups excluding carboxylic acids is 2. The Balaban J connectivity index is 1.68. The summed E-state index contributed by atoms with van der Waals surface area (Å²) < 4.78 is 0. The molecule has 0 aliphatic carbocycles. The van der Waals surface area contributed by atoms with E-state index in [1.165, 1.54) is 22.2 Å². The van der Waals surface area contributed by atoms with Gasteiger partial charge in [0, 0.05) is 24.2 Å². The molecule has 0 bridgehead atoms. The zero-order valence-corrected chi connectivity index (χ0v) is 17.8. The van der Waals surface area contributed by atoms with Gasteiger partial charge in [0.15, 0.2) is 5.17 Å². The topological polar surface area (TPSA) is 61.8 Å². The third kappa shape index (κ3) is 4.56. The predicted octanol–water partition coefficient (Wildman–Crippen LogP) is 4.86. The van der Waals surface area contributed by atoms with Crippen LogP contribution in [0.3, 0.4) is 0 Å². The number of rotatable bonds is 4. The van der Waals surface area contributed by atoms with Crippen molar-refractivity contribution in [3.63, 3.8) is 0 Å². The van der Waals surface area contributed by atoms with E-state index in [4.69, 9.17) is 11.6 Å². The van der Waals surface area contributed by atoms with Gasteiger partial charge in [-0.15, -0.1) is 0 Å². The quantitative estimate of drug-likeness (QED) is 0.775. The number of nitrogens with zero attached hydrogens (tertiary/aromatic N) is 2. The third-order valence-electron chi connectivity index (χ3n) is 4.68. The molecule has 1 aliphatic heterocycles. The molecule has 1 N–H and O–H groups in total. The normalized spacial score (nSPS) is 18.0. The molecule has 2 aromatic carbocycles. The van der Waals surface area contributed by atoms with E-state index >= 15 is 0 Å². The van der Waals surface area contributed by atoms with Gasteiger partial charge in [0.1, 0.15) is 5.25 Å². The van der Waals surface area contributed by atoms with Crippen LogP contribution in [-0.2, 0) is 9.59 Å². The molecule has 2 aromatic rings. The van der Waals surface area contributed by atoms with Crippen LogP contribution in [-0.4, -0.2) is 34.2 Å². The largest absolute Gasteiger partial charge is 0.326 e. The number of hydrogen-bond donors (Lipinski definition) is 1. The summed E-state index contributed by atoms with van der Waals surface area (Å²) in [5.41, 5.74) is 4.69. The summed E-state index contributed by atoms with van der Waals surface area (Å²) in [6.45, 7) is 5.97. The molecule has 146 valence electrons. The molecule has 0 spiro atoms. The van der Waals surface area contributed by atoms with Gasteiger partial charge in [-0.3, -0.25) is 14.5 Å². The lowest BCUT2D eigenvalue weighted by Gasteiger charge is -2.10. The average molecular weight is 416 g/mol. The molecule has 0 saturated carbocycles. The number of benzene rings is 2. The molecule has 1 atom stereocenters. The minimum absolute atomic E-state index is 0.0747. The van der Waals surface area contributed by atoms with Crippen molar-refractivity contribution in [2.45, 2.75) is 32.4 Å². The summed E-state index contributed by atoms with van der Waals surface area (Å²) in [7, 11) is 1.69. The number of aryl methyl sites for hydroxylation is 3. The van der Waals surface area contributed by atoms with Crippen molar-refractivity contribution >= 4 is 51.7 Å². The van der Waals surface area contributed by atoms with Crippen molar-refractivity contribution in [3.8, 4) is 0 Å². The molecule has 3 rings (SSSR count). The van der Waals surface area contributed by atoms with E-state index in [0.717, 1.165) is 16.8 Å². The molecule has 2 amide bonds. The molecule has 7 heteroatoms. The molecule has 0 aromatic heterocycles. The van der Waals surface area contributed by atoms with E-state index in [9.17, 15) is 9.59 Å². The fourth-order valence-electron chi connectivity index (χ4n) is 2.75. The number of halogens is 1. The second-order valence-electron chi connectivity index (χ2n) is 6.88. The zero-order valence-electron chi connectivity index (χ0n) is 16.2. The lowest BCUT2D eigenvalue weighted by molar-refractivity contribution is -0.127. The van der Waals surface area contributed by atoms with Gasteiger partial charge in [-0.1, -0.05) is 35.5 Å². The highest BCUT2D eigenvalue weighted by molar-refractivity contribution is 8.15. The maximum Gasteiger partial charge on any atom is 0.242 e. The lowest BCUT2D eigenvalue weighted by atomic mass is 10.1. The fourth-order valence-corrected chi connectivity index (χ4v) is 4.09. The first-order valence-electron chi connectivity index (χ1n) is 8.91. The second-order valence-corrected chi connectivity index (χ2v) is 8.46. The average Bonchev–Trinajstić information content (AvgIpc) is 2.89. The summed E-state index contributed by atoms with van der Waals surface area (Å²) in [4.78, 5) is 31.0. The fraction of sp³-hybridized carbons (Fsp3) is 0.286.